The Balaban J connectivity index is 1.52. The van der Waals surface area contributed by atoms with Crippen molar-refractivity contribution < 1.29 is 19.2 Å². The first-order valence-corrected chi connectivity index (χ1v) is 12.0. The van der Waals surface area contributed by atoms with Crippen molar-refractivity contribution in [1.82, 2.24) is 15.6 Å². The molecule has 2 atom stereocenters. The molecule has 2 aromatic carbocycles. The number of benzene rings is 2. The fraction of sp³-hybridized carbons (Fsp3) is 0.296. The van der Waals surface area contributed by atoms with Crippen LogP contribution in [0.25, 0.3) is 10.9 Å². The average molecular weight is 488 g/mol. The van der Waals surface area contributed by atoms with Crippen LogP contribution in [-0.4, -0.2) is 46.8 Å². The van der Waals surface area contributed by atoms with Crippen LogP contribution < -0.4 is 16.0 Å². The number of hydrogen-bond donors (Lipinski definition) is 5. The van der Waals surface area contributed by atoms with Crippen LogP contribution in [-0.2, 0) is 25.6 Å². The molecule has 5 N–H and O–H groups in total. The van der Waals surface area contributed by atoms with Gasteiger partial charge in [0.1, 0.15) is 12.1 Å². The smallest absolute Gasteiger partial charge is 0.246 e. The van der Waals surface area contributed by atoms with E-state index in [1.165, 1.54) is 0 Å². The number of para-hydroxylation sites is 2. The normalized spacial score (nSPS) is 14.4. The fourth-order valence-corrected chi connectivity index (χ4v) is 4.02. The number of aromatic amines is 1. The molecule has 1 heterocycles. The maximum absolute atomic E-state index is 13.4. The summed E-state index contributed by atoms with van der Waals surface area (Å²) in [7, 11) is 0. The third kappa shape index (κ3) is 6.44. The predicted octanol–water partition coefficient (Wildman–Crippen LogP) is 2.73. The molecular formula is C27H29N5O4. The van der Waals surface area contributed by atoms with Crippen molar-refractivity contribution in [3.8, 4) is 0 Å². The molecule has 1 saturated carbocycles. The SMILES string of the molecule is N=CC(=O)CC[C@H](NC(=O)[C@H](Cc1c[nH]c2ccccc12)NC(=O)C1CC1)C(=O)Nc1ccccc1. The molecule has 9 heteroatoms. The number of ketones is 1. The van der Waals surface area contributed by atoms with Crippen molar-refractivity contribution in [3.05, 3.63) is 66.4 Å². The van der Waals surface area contributed by atoms with E-state index in [0.717, 1.165) is 29.3 Å². The highest BCUT2D eigenvalue weighted by atomic mass is 16.2. The van der Waals surface area contributed by atoms with Gasteiger partial charge in [-0.05, 0) is 43.0 Å². The van der Waals surface area contributed by atoms with Gasteiger partial charge in [0, 0.05) is 41.5 Å². The molecule has 0 bridgehead atoms. The number of Topliss-reactive ketones (excluding diaryl/α,β-unsaturated/α-hetero) is 1. The Hall–Kier alpha value is -4.27. The summed E-state index contributed by atoms with van der Waals surface area (Å²) in [5, 5.41) is 16.4. The predicted molar refractivity (Wildman–Crippen MR) is 137 cm³/mol. The van der Waals surface area contributed by atoms with Crippen molar-refractivity contribution >= 4 is 46.3 Å². The lowest BCUT2D eigenvalue weighted by Gasteiger charge is -2.23. The summed E-state index contributed by atoms with van der Waals surface area (Å²) in [5.74, 6) is -1.71. The number of aromatic nitrogens is 1. The number of fused-ring (bicyclic) bond motifs is 1. The molecule has 0 saturated heterocycles. The van der Waals surface area contributed by atoms with Crippen LogP contribution in [0.4, 0.5) is 5.69 Å². The summed E-state index contributed by atoms with van der Waals surface area (Å²) in [4.78, 5) is 53.9. The standard InChI is InChI=1S/C27H29N5O4/c28-15-20(33)12-13-23(26(35)30-19-6-2-1-3-7-19)31-27(36)24(32-25(34)17-10-11-17)14-18-16-29-22-9-5-4-8-21(18)22/h1-9,15-17,23-24,28-29H,10-14H2,(H,30,35)(H,31,36)(H,32,34)/t23-,24-/m0/s1. The summed E-state index contributed by atoms with van der Waals surface area (Å²) in [6.07, 6.45) is 4.29. The largest absolute Gasteiger partial charge is 0.361 e. The van der Waals surface area contributed by atoms with E-state index in [9.17, 15) is 19.2 Å². The molecule has 0 unspecified atom stereocenters. The van der Waals surface area contributed by atoms with Crippen molar-refractivity contribution in [2.75, 3.05) is 5.32 Å². The van der Waals surface area contributed by atoms with Crippen LogP contribution >= 0.6 is 0 Å². The third-order valence-corrected chi connectivity index (χ3v) is 6.19. The Morgan fingerprint density at radius 3 is 2.39 bits per heavy atom. The van der Waals surface area contributed by atoms with Crippen LogP contribution in [0, 0.1) is 11.3 Å². The molecule has 1 fully saturated rings. The summed E-state index contributed by atoms with van der Waals surface area (Å²) in [6, 6.07) is 14.6. The van der Waals surface area contributed by atoms with Crippen LogP contribution in [0.3, 0.4) is 0 Å². The van der Waals surface area contributed by atoms with Gasteiger partial charge in [0.05, 0.1) is 6.21 Å². The maximum atomic E-state index is 13.4. The summed E-state index contributed by atoms with van der Waals surface area (Å²) >= 11 is 0. The molecule has 4 rings (SSSR count). The first-order valence-electron chi connectivity index (χ1n) is 12.0. The van der Waals surface area contributed by atoms with Crippen LogP contribution in [0.2, 0.25) is 0 Å². The van der Waals surface area contributed by atoms with Crippen molar-refractivity contribution in [2.45, 2.75) is 44.2 Å². The van der Waals surface area contributed by atoms with Crippen LogP contribution in [0.1, 0.15) is 31.2 Å². The molecule has 3 aromatic rings. The Bertz CT molecular complexity index is 1270. The highest BCUT2D eigenvalue weighted by Gasteiger charge is 2.34. The van der Waals surface area contributed by atoms with Crippen molar-refractivity contribution in [1.29, 1.82) is 5.41 Å². The molecule has 9 nitrogen and oxygen atoms in total. The third-order valence-electron chi connectivity index (χ3n) is 6.19. The molecule has 186 valence electrons. The van der Waals surface area contributed by atoms with Gasteiger partial charge in [0.2, 0.25) is 17.7 Å². The number of anilines is 1. The van der Waals surface area contributed by atoms with Gasteiger partial charge < -0.3 is 26.3 Å². The number of H-pyrrole nitrogens is 1. The van der Waals surface area contributed by atoms with Gasteiger partial charge in [0.15, 0.2) is 5.78 Å². The molecule has 1 aromatic heterocycles. The van der Waals surface area contributed by atoms with Gasteiger partial charge in [-0.3, -0.25) is 19.2 Å². The Kier molecular flexibility index (Phi) is 7.89. The molecule has 1 aliphatic carbocycles. The topological polar surface area (TPSA) is 144 Å². The molecule has 0 spiro atoms. The molecule has 0 radical (unpaired) electrons. The second-order valence-electron chi connectivity index (χ2n) is 8.96. The molecule has 36 heavy (non-hydrogen) atoms. The van der Waals surface area contributed by atoms with E-state index >= 15 is 0 Å². The Labute approximate surface area is 208 Å². The molecule has 1 aliphatic rings. The summed E-state index contributed by atoms with van der Waals surface area (Å²) < 4.78 is 0. The van der Waals surface area contributed by atoms with Crippen molar-refractivity contribution in [2.24, 2.45) is 5.92 Å². The van der Waals surface area contributed by atoms with E-state index in [-0.39, 0.29) is 31.1 Å². The van der Waals surface area contributed by atoms with E-state index in [0.29, 0.717) is 11.9 Å². The second-order valence-corrected chi connectivity index (χ2v) is 8.96. The minimum atomic E-state index is -1.02. The minimum absolute atomic E-state index is 0.0228. The Morgan fingerprint density at radius 2 is 1.67 bits per heavy atom. The number of amides is 3. The van der Waals surface area contributed by atoms with Gasteiger partial charge in [0.25, 0.3) is 0 Å². The van der Waals surface area contributed by atoms with Gasteiger partial charge in [-0.25, -0.2) is 0 Å². The number of hydrogen-bond acceptors (Lipinski definition) is 5. The lowest BCUT2D eigenvalue weighted by Crippen LogP contribution is -2.53. The number of rotatable bonds is 12. The Morgan fingerprint density at radius 1 is 0.944 bits per heavy atom. The van der Waals surface area contributed by atoms with Crippen LogP contribution in [0.5, 0.6) is 0 Å². The monoisotopic (exact) mass is 487 g/mol. The van der Waals surface area contributed by atoms with E-state index in [1.807, 2.05) is 36.5 Å². The van der Waals surface area contributed by atoms with Crippen molar-refractivity contribution in [3.63, 3.8) is 0 Å². The molecule has 3 amide bonds. The zero-order valence-corrected chi connectivity index (χ0v) is 19.8. The molecular weight excluding hydrogens is 458 g/mol. The van der Waals surface area contributed by atoms with E-state index in [2.05, 4.69) is 20.9 Å². The first kappa shape index (κ1) is 24.8. The second kappa shape index (κ2) is 11.4. The van der Waals surface area contributed by atoms with Gasteiger partial charge >= 0.3 is 0 Å². The number of carbonyl (C=O) groups excluding carboxylic acids is 4. The summed E-state index contributed by atoms with van der Waals surface area (Å²) in [6.45, 7) is 0. The van der Waals surface area contributed by atoms with Crippen LogP contribution in [0.15, 0.2) is 60.8 Å². The average Bonchev–Trinajstić information content (AvgIpc) is 3.67. The zero-order valence-electron chi connectivity index (χ0n) is 19.8. The van der Waals surface area contributed by atoms with E-state index in [1.54, 1.807) is 24.3 Å². The van der Waals surface area contributed by atoms with Gasteiger partial charge in [-0.15, -0.1) is 0 Å². The van der Waals surface area contributed by atoms with E-state index < -0.39 is 29.7 Å². The number of nitrogens with one attached hydrogen (secondary N) is 5. The lowest BCUT2D eigenvalue weighted by molar-refractivity contribution is -0.131. The van der Waals surface area contributed by atoms with Gasteiger partial charge in [-0.1, -0.05) is 36.4 Å². The van der Waals surface area contributed by atoms with E-state index in [4.69, 9.17) is 5.41 Å². The highest BCUT2D eigenvalue weighted by molar-refractivity contribution is 6.26. The number of carbonyl (C=O) groups is 4. The molecule has 0 aliphatic heterocycles. The maximum Gasteiger partial charge on any atom is 0.246 e. The zero-order chi connectivity index (χ0) is 25.5. The minimum Gasteiger partial charge on any atom is -0.361 e. The quantitative estimate of drug-likeness (QED) is 0.250. The lowest BCUT2D eigenvalue weighted by atomic mass is 10.0. The fourth-order valence-electron chi connectivity index (χ4n) is 4.02. The van der Waals surface area contributed by atoms with Gasteiger partial charge in [-0.2, -0.15) is 0 Å². The summed E-state index contributed by atoms with van der Waals surface area (Å²) in [5.41, 5.74) is 2.34. The first-order chi connectivity index (χ1) is 17.4. The highest BCUT2D eigenvalue weighted by Crippen LogP contribution is 2.29.